The van der Waals surface area contributed by atoms with Crippen LogP contribution < -0.4 is 0 Å². The van der Waals surface area contributed by atoms with Gasteiger partial charge in [0.05, 0.1) is 11.1 Å². The highest BCUT2D eigenvalue weighted by molar-refractivity contribution is 6.04. The molecule has 1 N–H and O–H groups in total. The molecule has 1 saturated heterocycles. The normalized spacial score (nSPS) is 14.8. The minimum absolute atomic E-state index is 0.0112. The van der Waals surface area contributed by atoms with Crippen LogP contribution >= 0.6 is 0 Å². The molecule has 0 unspecified atom stereocenters. The first-order chi connectivity index (χ1) is 19.3. The highest BCUT2D eigenvalue weighted by Crippen LogP contribution is 2.37. The fourth-order valence-corrected chi connectivity index (χ4v) is 5.29. The number of carboxylic acids is 1. The lowest BCUT2D eigenvalue weighted by Crippen LogP contribution is -2.45. The van der Waals surface area contributed by atoms with Crippen molar-refractivity contribution < 1.29 is 41.0 Å². The lowest BCUT2D eigenvalue weighted by molar-refractivity contribution is -0.186. The molecule has 1 amide bonds. The van der Waals surface area contributed by atoms with Crippen LogP contribution in [-0.4, -0.2) is 41.1 Å². The number of halogens is 6. The van der Waals surface area contributed by atoms with Gasteiger partial charge in [-0.1, -0.05) is 48.5 Å². The molecule has 5 rings (SSSR count). The molecule has 0 atom stereocenters. The zero-order valence-corrected chi connectivity index (χ0v) is 21.4. The van der Waals surface area contributed by atoms with Gasteiger partial charge in [-0.25, -0.2) is 4.79 Å². The molecule has 1 heterocycles. The van der Waals surface area contributed by atoms with Gasteiger partial charge in [0.15, 0.2) is 0 Å². The molecule has 4 nitrogen and oxygen atoms in total. The predicted octanol–water partition coefficient (Wildman–Crippen LogP) is 8.16. The number of likely N-dealkylation sites (tertiary alicyclic amines) is 1. The average Bonchev–Trinajstić information content (AvgIpc) is 2.95. The number of carbonyl (C=O) groups excluding carboxylic acids is 1. The Bertz CT molecular complexity index is 1600. The summed E-state index contributed by atoms with van der Waals surface area (Å²) in [4.78, 5) is 24.2. The molecule has 4 aromatic rings. The van der Waals surface area contributed by atoms with E-state index in [4.69, 9.17) is 0 Å². The first kappa shape index (κ1) is 28.2. The Morgan fingerprint density at radius 1 is 0.732 bits per heavy atom. The fraction of sp³-hybridized carbons (Fsp3) is 0.226. The van der Waals surface area contributed by atoms with Gasteiger partial charge in [0.1, 0.15) is 0 Å². The van der Waals surface area contributed by atoms with Crippen molar-refractivity contribution >= 4 is 22.6 Å². The number of piperidine rings is 1. The second-order valence-corrected chi connectivity index (χ2v) is 10.0. The summed E-state index contributed by atoms with van der Waals surface area (Å²) in [5, 5.41) is 11.1. The Hall–Kier alpha value is -4.34. The fourth-order valence-electron chi connectivity index (χ4n) is 5.29. The summed E-state index contributed by atoms with van der Waals surface area (Å²) in [6.45, 7) is 0.0225. The Balaban J connectivity index is 1.43. The highest BCUT2D eigenvalue weighted by Gasteiger charge is 2.43. The van der Waals surface area contributed by atoms with E-state index in [0.717, 1.165) is 33.5 Å². The molecule has 10 heteroatoms. The summed E-state index contributed by atoms with van der Waals surface area (Å²) in [7, 11) is 0. The number of amides is 1. The summed E-state index contributed by atoms with van der Waals surface area (Å²) >= 11 is 0. The molecule has 1 aliphatic rings. The highest BCUT2D eigenvalue weighted by atomic mass is 19.4. The lowest BCUT2D eigenvalue weighted by Gasteiger charge is -2.32. The second kappa shape index (κ2) is 10.6. The van der Waals surface area contributed by atoms with Gasteiger partial charge in [-0.15, -0.1) is 0 Å². The number of carbonyl (C=O) groups is 2. The van der Waals surface area contributed by atoms with E-state index in [1.54, 1.807) is 24.3 Å². The van der Waals surface area contributed by atoms with Crippen LogP contribution in [0.5, 0.6) is 0 Å². The van der Waals surface area contributed by atoms with Crippen LogP contribution in [0.1, 0.15) is 40.2 Å². The molecule has 1 aliphatic heterocycles. The van der Waals surface area contributed by atoms with Crippen molar-refractivity contribution in [1.82, 2.24) is 4.90 Å². The number of hydrogen-bond donors (Lipinski definition) is 1. The number of nitrogens with zero attached hydrogens (tertiary/aromatic N) is 1. The summed E-state index contributed by atoms with van der Waals surface area (Å²) in [6, 6.07) is 20.5. The third-order valence-electron chi connectivity index (χ3n) is 7.46. The van der Waals surface area contributed by atoms with Gasteiger partial charge in [-0.3, -0.25) is 4.79 Å². The van der Waals surface area contributed by atoms with E-state index in [9.17, 15) is 41.0 Å². The van der Waals surface area contributed by atoms with E-state index in [1.807, 2.05) is 24.3 Å². The van der Waals surface area contributed by atoms with Gasteiger partial charge < -0.3 is 10.0 Å². The van der Waals surface area contributed by atoms with Gasteiger partial charge in [0.25, 0.3) is 0 Å². The summed E-state index contributed by atoms with van der Waals surface area (Å²) in [5.41, 5.74) is 2.75. The zero-order valence-electron chi connectivity index (χ0n) is 21.4. The number of alkyl halides is 6. The molecule has 212 valence electrons. The molecule has 0 spiro atoms. The molecule has 0 saturated carbocycles. The van der Waals surface area contributed by atoms with E-state index in [2.05, 4.69) is 0 Å². The summed E-state index contributed by atoms with van der Waals surface area (Å²) in [5.74, 6) is -2.97. The van der Waals surface area contributed by atoms with Gasteiger partial charge in [-0.05, 0) is 87.7 Å². The quantitative estimate of drug-likeness (QED) is 0.252. The van der Waals surface area contributed by atoms with E-state index in [1.165, 1.54) is 18.2 Å². The summed E-state index contributed by atoms with van der Waals surface area (Å²) in [6.07, 6.45) is -8.55. The van der Waals surface area contributed by atoms with E-state index >= 15 is 0 Å². The van der Waals surface area contributed by atoms with Crippen molar-refractivity contribution in [2.75, 3.05) is 13.1 Å². The molecule has 0 aromatic heterocycles. The molecule has 0 aliphatic carbocycles. The van der Waals surface area contributed by atoms with Crippen LogP contribution in [0.15, 0.2) is 78.9 Å². The number of rotatable bonds is 4. The molecular weight excluding hydrogens is 548 g/mol. The van der Waals surface area contributed by atoms with Crippen molar-refractivity contribution in [3.63, 3.8) is 0 Å². The number of carboxylic acid groups (broad SMARTS) is 1. The van der Waals surface area contributed by atoms with Gasteiger partial charge in [-0.2, -0.15) is 26.3 Å². The maximum Gasteiger partial charge on any atom is 0.471 e. The second-order valence-electron chi connectivity index (χ2n) is 10.0. The maximum absolute atomic E-state index is 13.0. The van der Waals surface area contributed by atoms with Crippen LogP contribution in [0.2, 0.25) is 0 Å². The zero-order chi connectivity index (χ0) is 29.5. The van der Waals surface area contributed by atoms with Crippen molar-refractivity contribution in [3.8, 4) is 22.3 Å². The molecule has 41 heavy (non-hydrogen) atoms. The lowest BCUT2D eigenvalue weighted by atomic mass is 9.87. The molecule has 0 radical (unpaired) electrons. The number of benzene rings is 4. The SMILES string of the molecule is O=C(O)c1cc(-c2ccc(C3CCN(C(=O)C(F)(F)F)CC3)cc2)c2ccc(-c3ccc(C(F)(F)F)cc3)cc2c1. The van der Waals surface area contributed by atoms with Crippen molar-refractivity contribution in [3.05, 3.63) is 95.6 Å². The minimum Gasteiger partial charge on any atom is -0.478 e. The van der Waals surface area contributed by atoms with Crippen LogP contribution in [0.25, 0.3) is 33.0 Å². The Labute approximate surface area is 230 Å². The largest absolute Gasteiger partial charge is 0.478 e. The summed E-state index contributed by atoms with van der Waals surface area (Å²) < 4.78 is 77.1. The van der Waals surface area contributed by atoms with Crippen LogP contribution in [0.3, 0.4) is 0 Å². The van der Waals surface area contributed by atoms with E-state index in [-0.39, 0.29) is 24.6 Å². The number of hydrogen-bond acceptors (Lipinski definition) is 2. The van der Waals surface area contributed by atoms with Gasteiger partial charge >= 0.3 is 24.2 Å². The average molecular weight is 572 g/mol. The number of fused-ring (bicyclic) bond motifs is 1. The van der Waals surface area contributed by atoms with Crippen LogP contribution in [0, 0.1) is 0 Å². The molecule has 4 aromatic carbocycles. The number of aromatic carboxylic acids is 1. The maximum atomic E-state index is 13.0. The first-order valence-electron chi connectivity index (χ1n) is 12.8. The predicted molar refractivity (Wildman–Crippen MR) is 141 cm³/mol. The van der Waals surface area contributed by atoms with Gasteiger partial charge in [0.2, 0.25) is 0 Å². The first-order valence-corrected chi connectivity index (χ1v) is 12.8. The van der Waals surface area contributed by atoms with E-state index < -0.39 is 29.8 Å². The monoisotopic (exact) mass is 571 g/mol. The van der Waals surface area contributed by atoms with Crippen LogP contribution in [0.4, 0.5) is 26.3 Å². The minimum atomic E-state index is -4.89. The standard InChI is InChI=1S/C31H23F6NO3/c32-30(33,34)25-8-5-19(6-9-25)22-7-10-26-23(15-22)16-24(28(39)40)17-27(26)21-3-1-18(2-4-21)20-11-13-38(14-12-20)29(41)31(35,36)37/h1-10,15-17,20H,11-14H2,(H,39,40). The Kier molecular flexibility index (Phi) is 7.27. The van der Waals surface area contributed by atoms with E-state index in [0.29, 0.717) is 34.9 Å². The van der Waals surface area contributed by atoms with Crippen LogP contribution in [-0.2, 0) is 11.0 Å². The third-order valence-corrected chi connectivity index (χ3v) is 7.46. The molecular formula is C31H23F6NO3. The molecule has 1 fully saturated rings. The molecule has 0 bridgehead atoms. The van der Waals surface area contributed by atoms with Crippen molar-refractivity contribution in [2.24, 2.45) is 0 Å². The third kappa shape index (κ3) is 5.91. The van der Waals surface area contributed by atoms with Gasteiger partial charge in [0, 0.05) is 13.1 Å². The van der Waals surface area contributed by atoms with Crippen molar-refractivity contribution in [1.29, 1.82) is 0 Å². The Morgan fingerprint density at radius 2 is 1.32 bits per heavy atom. The smallest absolute Gasteiger partial charge is 0.471 e. The van der Waals surface area contributed by atoms with Crippen molar-refractivity contribution in [2.45, 2.75) is 31.1 Å². The topological polar surface area (TPSA) is 57.6 Å². The Morgan fingerprint density at radius 3 is 1.88 bits per heavy atom.